The average molecular weight is 678 g/mol. The third-order valence-corrected chi connectivity index (χ3v) is 8.62. The fourth-order valence-corrected chi connectivity index (χ4v) is 6.51. The lowest BCUT2D eigenvalue weighted by Gasteiger charge is -2.17. The van der Waals surface area contributed by atoms with Crippen LogP contribution in [0.2, 0.25) is 5.02 Å². The van der Waals surface area contributed by atoms with Gasteiger partial charge in [-0.25, -0.2) is 0 Å². The van der Waals surface area contributed by atoms with Gasteiger partial charge in [-0.05, 0) is 56.9 Å². The number of hydrogen-bond donors (Lipinski definition) is 2. The first-order valence-electron chi connectivity index (χ1n) is 13.8. The molecule has 0 aliphatic heterocycles. The summed E-state index contributed by atoms with van der Waals surface area (Å²) in [7, 11) is 0. The van der Waals surface area contributed by atoms with Crippen LogP contribution in [0, 0.1) is 0 Å². The number of halogens is 1. The van der Waals surface area contributed by atoms with Crippen molar-refractivity contribution in [1.82, 2.24) is 30.3 Å². The molecule has 0 spiro atoms. The van der Waals surface area contributed by atoms with Gasteiger partial charge >= 0.3 is 0 Å². The van der Waals surface area contributed by atoms with Gasteiger partial charge in [0.05, 0.1) is 37.8 Å². The van der Waals surface area contributed by atoms with Crippen molar-refractivity contribution in [2.75, 3.05) is 36.6 Å². The molecule has 2 amide bonds. The topological polar surface area (TPSA) is 142 Å². The van der Waals surface area contributed by atoms with Gasteiger partial charge in [0.1, 0.15) is 0 Å². The molecule has 2 aromatic carbocycles. The van der Waals surface area contributed by atoms with Crippen molar-refractivity contribution in [3.63, 3.8) is 0 Å². The van der Waals surface area contributed by atoms with Crippen molar-refractivity contribution < 1.29 is 23.8 Å². The first-order valence-corrected chi connectivity index (χ1v) is 17.0. The molecule has 234 valence electrons. The number of nitrogens with zero attached hydrogens (tertiary/aromatic N) is 5. The van der Waals surface area contributed by atoms with Gasteiger partial charge in [-0.15, -0.1) is 20.4 Å². The Morgan fingerprint density at radius 3 is 2.32 bits per heavy atom. The van der Waals surface area contributed by atoms with E-state index in [-0.39, 0.29) is 24.1 Å². The zero-order valence-corrected chi connectivity index (χ0v) is 27.8. The monoisotopic (exact) mass is 677 g/mol. The van der Waals surface area contributed by atoms with Crippen LogP contribution in [0.5, 0.6) is 17.2 Å². The number of thioether (sulfide) groups is 2. The number of nitrogens with one attached hydrogen (secondary N) is 2. The maximum atomic E-state index is 13.3. The summed E-state index contributed by atoms with van der Waals surface area (Å²) in [6, 6.07) is 10.4. The second-order valence-electron chi connectivity index (χ2n) is 8.64. The maximum Gasteiger partial charge on any atom is 0.251 e. The predicted molar refractivity (Wildman–Crippen MR) is 173 cm³/mol. The largest absolute Gasteiger partial charge is 0.490 e. The number of aromatic nitrogens is 5. The van der Waals surface area contributed by atoms with Crippen LogP contribution in [0.15, 0.2) is 45.9 Å². The smallest absolute Gasteiger partial charge is 0.251 e. The predicted octanol–water partition coefficient (Wildman–Crippen LogP) is 5.74. The summed E-state index contributed by atoms with van der Waals surface area (Å²) in [5.74, 6) is 2.00. The van der Waals surface area contributed by atoms with E-state index in [1.807, 2.05) is 33.8 Å². The Balaban J connectivity index is 1.53. The van der Waals surface area contributed by atoms with Crippen LogP contribution in [0.25, 0.3) is 5.69 Å². The van der Waals surface area contributed by atoms with Gasteiger partial charge < -0.3 is 19.5 Å². The number of carbonyl (C=O) groups is 2. The van der Waals surface area contributed by atoms with Crippen molar-refractivity contribution in [3.8, 4) is 22.9 Å². The second kappa shape index (κ2) is 16.5. The standard InChI is InChI=1S/C28H32ClN7O5S3/c1-5-39-20-12-17(13-21(40-6-2)24(20)41-7-3)25(38)30-15-22-32-34-27(36(22)19-11-9-10-18(29)14-19)43-16-23(37)31-26-33-35-28(44-26)42-8-4/h9-14H,5-8,15-16H2,1-4H3,(H,30,38)(H,31,33,37). The molecule has 0 fully saturated rings. The molecule has 4 aromatic rings. The van der Waals surface area contributed by atoms with Crippen LogP contribution in [-0.2, 0) is 11.3 Å². The first kappa shape index (κ1) is 33.4. The molecule has 2 N–H and O–H groups in total. The Kier molecular flexibility index (Phi) is 12.5. The second-order valence-corrected chi connectivity index (χ2v) is 12.5. The number of amides is 2. The summed E-state index contributed by atoms with van der Waals surface area (Å²) in [6.45, 7) is 8.81. The van der Waals surface area contributed by atoms with Crippen molar-refractivity contribution in [2.45, 2.75) is 43.7 Å². The van der Waals surface area contributed by atoms with Crippen molar-refractivity contribution in [2.24, 2.45) is 0 Å². The third-order valence-electron chi connectivity index (χ3n) is 5.60. The van der Waals surface area contributed by atoms with Crippen LogP contribution >= 0.6 is 46.5 Å². The van der Waals surface area contributed by atoms with Crippen LogP contribution in [0.1, 0.15) is 43.9 Å². The van der Waals surface area contributed by atoms with Crippen LogP contribution in [-0.4, -0.2) is 68.1 Å². The van der Waals surface area contributed by atoms with Crippen LogP contribution in [0.3, 0.4) is 0 Å². The van der Waals surface area contributed by atoms with E-state index in [4.69, 9.17) is 25.8 Å². The molecule has 16 heteroatoms. The Hall–Kier alpha value is -3.53. The van der Waals surface area contributed by atoms with Gasteiger partial charge in [0.25, 0.3) is 5.91 Å². The van der Waals surface area contributed by atoms with E-state index >= 15 is 0 Å². The molecule has 2 heterocycles. The van der Waals surface area contributed by atoms with Gasteiger partial charge in [-0.3, -0.25) is 19.5 Å². The molecule has 12 nitrogen and oxygen atoms in total. The summed E-state index contributed by atoms with van der Waals surface area (Å²) in [5.41, 5.74) is 1.01. The van der Waals surface area contributed by atoms with Crippen molar-refractivity contribution >= 4 is 63.4 Å². The van der Waals surface area contributed by atoms with Crippen molar-refractivity contribution in [3.05, 3.63) is 52.8 Å². The minimum Gasteiger partial charge on any atom is -0.490 e. The lowest BCUT2D eigenvalue weighted by Crippen LogP contribution is -2.25. The minimum absolute atomic E-state index is 0.0366. The highest BCUT2D eigenvalue weighted by Gasteiger charge is 2.21. The highest BCUT2D eigenvalue weighted by atomic mass is 35.5. The Morgan fingerprint density at radius 2 is 1.66 bits per heavy atom. The average Bonchev–Trinajstić information content (AvgIpc) is 3.63. The molecule has 0 atom stereocenters. The third kappa shape index (κ3) is 8.77. The molecule has 4 rings (SSSR count). The fourth-order valence-electron chi connectivity index (χ4n) is 3.89. The quantitative estimate of drug-likeness (QED) is 0.111. The van der Waals surface area contributed by atoms with Gasteiger partial charge in [0.15, 0.2) is 26.8 Å². The van der Waals surface area contributed by atoms with Gasteiger partial charge in [-0.2, -0.15) is 0 Å². The summed E-state index contributed by atoms with van der Waals surface area (Å²) in [4.78, 5) is 26.0. The molecule has 0 unspecified atom stereocenters. The zero-order chi connectivity index (χ0) is 31.5. The molecule has 0 saturated heterocycles. The Bertz CT molecular complexity index is 1560. The number of anilines is 1. The first-order chi connectivity index (χ1) is 21.4. The van der Waals surface area contributed by atoms with Crippen molar-refractivity contribution in [1.29, 1.82) is 0 Å². The summed E-state index contributed by atoms with van der Waals surface area (Å²) in [5, 5.41) is 23.8. The SMILES string of the molecule is CCOc1cc(C(=O)NCc2nnc(SCC(=O)Nc3nnc(SCC)s3)n2-c2cccc(Cl)c2)cc(OCC)c1OCC. The van der Waals surface area contributed by atoms with E-state index in [2.05, 4.69) is 31.0 Å². The molecule has 0 aliphatic rings. The molecule has 0 aliphatic carbocycles. The number of rotatable bonds is 16. The molecule has 0 bridgehead atoms. The normalized spacial score (nSPS) is 10.8. The van der Waals surface area contributed by atoms with E-state index in [9.17, 15) is 9.59 Å². The number of ether oxygens (including phenoxy) is 3. The molecular formula is C28H32ClN7O5S3. The lowest BCUT2D eigenvalue weighted by molar-refractivity contribution is -0.113. The van der Waals surface area contributed by atoms with Gasteiger partial charge in [0, 0.05) is 10.6 Å². The number of carbonyl (C=O) groups excluding carboxylic acids is 2. The number of hydrogen-bond acceptors (Lipinski definition) is 12. The summed E-state index contributed by atoms with van der Waals surface area (Å²) >= 11 is 10.4. The summed E-state index contributed by atoms with van der Waals surface area (Å²) in [6.07, 6.45) is 0. The molecule has 2 aromatic heterocycles. The van der Waals surface area contributed by atoms with Crippen LogP contribution in [0.4, 0.5) is 5.13 Å². The fraction of sp³-hybridized carbons (Fsp3) is 0.357. The van der Waals surface area contributed by atoms with E-state index < -0.39 is 0 Å². The minimum atomic E-state index is -0.373. The van der Waals surface area contributed by atoms with Gasteiger partial charge in [0.2, 0.25) is 16.8 Å². The molecular weight excluding hydrogens is 646 g/mol. The van der Waals surface area contributed by atoms with E-state index in [1.165, 1.54) is 23.1 Å². The highest BCUT2D eigenvalue weighted by molar-refractivity contribution is 8.01. The van der Waals surface area contributed by atoms with E-state index in [0.717, 1.165) is 10.1 Å². The molecule has 0 radical (unpaired) electrons. The zero-order valence-electron chi connectivity index (χ0n) is 24.6. The Labute approximate surface area is 272 Å². The van der Waals surface area contributed by atoms with Gasteiger partial charge in [-0.1, -0.05) is 59.5 Å². The number of benzene rings is 2. The van der Waals surface area contributed by atoms with E-state index in [1.54, 1.807) is 46.7 Å². The van der Waals surface area contributed by atoms with Crippen LogP contribution < -0.4 is 24.8 Å². The Morgan fingerprint density at radius 1 is 0.932 bits per heavy atom. The maximum absolute atomic E-state index is 13.3. The lowest BCUT2D eigenvalue weighted by atomic mass is 10.1. The highest BCUT2D eigenvalue weighted by Crippen LogP contribution is 2.39. The van der Waals surface area contributed by atoms with E-state index in [0.29, 0.717) is 69.5 Å². The molecule has 44 heavy (non-hydrogen) atoms. The summed E-state index contributed by atoms with van der Waals surface area (Å²) < 4.78 is 19.8. The molecule has 0 saturated carbocycles.